The van der Waals surface area contributed by atoms with Gasteiger partial charge in [0, 0.05) is 10.0 Å². The SMILES string of the molecule is CCCCCS(=O)(=O)NC(=O)c1cc2c(nc(C)n2Cc2ccc(Cl)cc2Cl)s1. The molecule has 10 heteroatoms. The van der Waals surface area contributed by atoms with Gasteiger partial charge >= 0.3 is 0 Å². The first-order valence-electron chi connectivity index (χ1n) is 9.15. The van der Waals surface area contributed by atoms with Crippen LogP contribution in [0.4, 0.5) is 0 Å². The number of nitrogens with one attached hydrogen (secondary N) is 1. The van der Waals surface area contributed by atoms with E-state index in [0.29, 0.717) is 32.7 Å². The number of amides is 1. The minimum absolute atomic E-state index is 0.0594. The summed E-state index contributed by atoms with van der Waals surface area (Å²) in [6, 6.07) is 6.96. The van der Waals surface area contributed by atoms with Crippen LogP contribution < -0.4 is 4.72 Å². The molecule has 1 amide bonds. The van der Waals surface area contributed by atoms with Gasteiger partial charge in [-0.1, -0.05) is 49.0 Å². The summed E-state index contributed by atoms with van der Waals surface area (Å²) in [7, 11) is -3.65. The van der Waals surface area contributed by atoms with Crippen molar-refractivity contribution < 1.29 is 13.2 Å². The number of nitrogens with zero attached hydrogens (tertiary/aromatic N) is 2. The van der Waals surface area contributed by atoms with Crippen molar-refractivity contribution >= 4 is 60.8 Å². The molecule has 1 N–H and O–H groups in total. The number of benzene rings is 1. The topological polar surface area (TPSA) is 81.1 Å². The van der Waals surface area contributed by atoms with Crippen molar-refractivity contribution in [3.8, 4) is 0 Å². The van der Waals surface area contributed by atoms with Crippen molar-refractivity contribution in [2.45, 2.75) is 39.7 Å². The van der Waals surface area contributed by atoms with Crippen LogP contribution in [-0.2, 0) is 16.6 Å². The number of sulfonamides is 1. The van der Waals surface area contributed by atoms with Gasteiger partial charge in [-0.05, 0) is 37.1 Å². The quantitative estimate of drug-likeness (QED) is 0.466. The molecule has 0 spiro atoms. The minimum atomic E-state index is -3.65. The number of hydrogen-bond donors (Lipinski definition) is 1. The maximum absolute atomic E-state index is 12.5. The van der Waals surface area contributed by atoms with Gasteiger partial charge < -0.3 is 4.57 Å². The van der Waals surface area contributed by atoms with E-state index in [1.807, 2.05) is 24.5 Å². The zero-order valence-corrected chi connectivity index (χ0v) is 19.2. The first-order valence-corrected chi connectivity index (χ1v) is 12.4. The number of fused-ring (bicyclic) bond motifs is 1. The Kier molecular flexibility index (Phi) is 6.88. The summed E-state index contributed by atoms with van der Waals surface area (Å²) >= 11 is 13.4. The fraction of sp³-hybridized carbons (Fsp3) is 0.368. The van der Waals surface area contributed by atoms with Gasteiger partial charge in [0.1, 0.15) is 10.7 Å². The van der Waals surface area contributed by atoms with Crippen molar-refractivity contribution in [3.63, 3.8) is 0 Å². The lowest BCUT2D eigenvalue weighted by molar-refractivity contribution is 0.0985. The normalized spacial score (nSPS) is 11.9. The van der Waals surface area contributed by atoms with Crippen LogP contribution >= 0.6 is 34.5 Å². The van der Waals surface area contributed by atoms with Crippen LogP contribution in [0.1, 0.15) is 47.2 Å². The molecule has 0 atom stereocenters. The van der Waals surface area contributed by atoms with Gasteiger partial charge in [-0.15, -0.1) is 11.3 Å². The number of imidazole rings is 1. The molecule has 6 nitrogen and oxygen atoms in total. The van der Waals surface area contributed by atoms with Crippen LogP contribution in [0.25, 0.3) is 10.3 Å². The first kappa shape index (κ1) is 22.1. The second-order valence-electron chi connectivity index (χ2n) is 6.74. The smallest absolute Gasteiger partial charge is 0.274 e. The summed E-state index contributed by atoms with van der Waals surface area (Å²) < 4.78 is 28.3. The van der Waals surface area contributed by atoms with Gasteiger partial charge in [0.05, 0.1) is 22.7 Å². The lowest BCUT2D eigenvalue weighted by atomic mass is 10.2. The Morgan fingerprint density at radius 2 is 2.00 bits per heavy atom. The number of rotatable bonds is 8. The van der Waals surface area contributed by atoms with E-state index in [1.54, 1.807) is 18.2 Å². The summed E-state index contributed by atoms with van der Waals surface area (Å²) in [6.07, 6.45) is 2.24. The third kappa shape index (κ3) is 5.31. The lowest BCUT2D eigenvalue weighted by Crippen LogP contribution is -2.32. The third-order valence-electron chi connectivity index (χ3n) is 4.47. The number of aryl methyl sites for hydroxylation is 1. The van der Waals surface area contributed by atoms with Gasteiger partial charge in [-0.2, -0.15) is 0 Å². The predicted octanol–water partition coefficient (Wildman–Crippen LogP) is 5.01. The van der Waals surface area contributed by atoms with Crippen LogP contribution in [0.5, 0.6) is 0 Å². The van der Waals surface area contributed by atoms with Crippen molar-refractivity contribution in [2.24, 2.45) is 0 Å². The molecule has 0 saturated carbocycles. The first-order chi connectivity index (χ1) is 13.7. The van der Waals surface area contributed by atoms with Crippen molar-refractivity contribution in [1.82, 2.24) is 14.3 Å². The molecule has 0 saturated heterocycles. The van der Waals surface area contributed by atoms with E-state index in [1.165, 1.54) is 0 Å². The highest BCUT2D eigenvalue weighted by molar-refractivity contribution is 7.90. The Balaban J connectivity index is 1.83. The molecule has 2 aromatic heterocycles. The lowest BCUT2D eigenvalue weighted by Gasteiger charge is -2.09. The van der Waals surface area contributed by atoms with E-state index in [-0.39, 0.29) is 5.75 Å². The number of hydrogen-bond acceptors (Lipinski definition) is 5. The Morgan fingerprint density at radius 3 is 2.69 bits per heavy atom. The molecular weight excluding hydrogens is 453 g/mol. The van der Waals surface area contributed by atoms with Gasteiger partial charge in [-0.3, -0.25) is 4.79 Å². The summed E-state index contributed by atoms with van der Waals surface area (Å²) in [5.74, 6) is 0.0884. The van der Waals surface area contributed by atoms with E-state index in [9.17, 15) is 13.2 Å². The summed E-state index contributed by atoms with van der Waals surface area (Å²) in [5, 5.41) is 1.10. The van der Waals surface area contributed by atoms with E-state index in [4.69, 9.17) is 23.2 Å². The summed E-state index contributed by atoms with van der Waals surface area (Å²) in [6.45, 7) is 4.32. The predicted molar refractivity (Wildman–Crippen MR) is 119 cm³/mol. The largest absolute Gasteiger partial charge is 0.323 e. The van der Waals surface area contributed by atoms with E-state index in [2.05, 4.69) is 9.71 Å². The summed E-state index contributed by atoms with van der Waals surface area (Å²) in [5.41, 5.74) is 1.63. The molecule has 3 aromatic rings. The van der Waals surface area contributed by atoms with Gasteiger partial charge in [0.25, 0.3) is 5.91 Å². The van der Waals surface area contributed by atoms with Crippen LogP contribution in [0, 0.1) is 6.92 Å². The molecule has 0 radical (unpaired) electrons. The molecule has 3 rings (SSSR count). The molecular formula is C19H21Cl2N3O3S2. The van der Waals surface area contributed by atoms with Crippen molar-refractivity contribution in [3.05, 3.63) is 50.6 Å². The number of thiophene rings is 1. The standard InChI is InChI=1S/C19H21Cl2N3O3S2/c1-3-4-5-8-29(26,27)23-18(25)17-10-16-19(28-17)22-12(2)24(16)11-13-6-7-14(20)9-15(13)21/h6-7,9-10H,3-5,8,11H2,1-2H3,(H,23,25). The highest BCUT2D eigenvalue weighted by Gasteiger charge is 2.20. The van der Waals surface area contributed by atoms with Crippen LogP contribution in [0.2, 0.25) is 10.0 Å². The molecule has 2 heterocycles. The van der Waals surface area contributed by atoms with E-state index >= 15 is 0 Å². The Morgan fingerprint density at radius 1 is 1.24 bits per heavy atom. The van der Waals surface area contributed by atoms with Gasteiger partial charge in [-0.25, -0.2) is 18.1 Å². The fourth-order valence-electron chi connectivity index (χ4n) is 2.94. The third-order valence-corrected chi connectivity index (χ3v) is 7.40. The molecule has 0 aliphatic carbocycles. The molecule has 0 aliphatic rings. The molecule has 29 heavy (non-hydrogen) atoms. The Hall–Kier alpha value is -1.61. The number of unbranched alkanes of at least 4 members (excludes halogenated alkanes) is 2. The maximum Gasteiger partial charge on any atom is 0.274 e. The minimum Gasteiger partial charge on any atom is -0.323 e. The summed E-state index contributed by atoms with van der Waals surface area (Å²) in [4.78, 5) is 17.9. The van der Waals surface area contributed by atoms with Gasteiger partial charge in [0.2, 0.25) is 10.0 Å². The van der Waals surface area contributed by atoms with E-state index in [0.717, 1.165) is 41.1 Å². The zero-order chi connectivity index (χ0) is 21.2. The van der Waals surface area contributed by atoms with Crippen LogP contribution in [0.3, 0.4) is 0 Å². The number of carbonyl (C=O) groups excluding carboxylic acids is 1. The van der Waals surface area contributed by atoms with Crippen LogP contribution in [0.15, 0.2) is 24.3 Å². The second-order valence-corrected chi connectivity index (χ2v) is 10.5. The zero-order valence-electron chi connectivity index (χ0n) is 16.0. The van der Waals surface area contributed by atoms with Crippen LogP contribution in [-0.4, -0.2) is 29.6 Å². The van der Waals surface area contributed by atoms with Gasteiger partial charge in [0.15, 0.2) is 0 Å². The molecule has 1 aromatic carbocycles. The average molecular weight is 474 g/mol. The second kappa shape index (κ2) is 9.04. The number of aromatic nitrogens is 2. The number of carbonyl (C=O) groups is 1. The Bertz CT molecular complexity index is 1150. The number of halogens is 2. The fourth-order valence-corrected chi connectivity index (χ4v) is 5.53. The maximum atomic E-state index is 12.5. The molecule has 0 aliphatic heterocycles. The van der Waals surface area contributed by atoms with Crippen molar-refractivity contribution in [1.29, 1.82) is 0 Å². The molecule has 0 fully saturated rings. The highest BCUT2D eigenvalue weighted by Crippen LogP contribution is 2.29. The molecule has 0 bridgehead atoms. The molecule has 0 unspecified atom stereocenters. The molecule has 156 valence electrons. The highest BCUT2D eigenvalue weighted by atomic mass is 35.5. The Labute approximate surface area is 183 Å². The average Bonchev–Trinajstić information content (AvgIpc) is 3.15. The monoisotopic (exact) mass is 473 g/mol. The van der Waals surface area contributed by atoms with Crippen molar-refractivity contribution in [2.75, 3.05) is 5.75 Å². The van der Waals surface area contributed by atoms with E-state index < -0.39 is 15.9 Å².